The average Bonchev–Trinajstić information content (AvgIpc) is 2.71. The summed E-state index contributed by atoms with van der Waals surface area (Å²) in [5.74, 6) is 1.01. The van der Waals surface area contributed by atoms with Gasteiger partial charge in [-0.1, -0.05) is 18.2 Å². The third kappa shape index (κ3) is 5.78. The number of methoxy groups -OCH3 is 1. The molecule has 0 aliphatic carbocycles. The van der Waals surface area contributed by atoms with Gasteiger partial charge >= 0.3 is 0 Å². The number of pyridine rings is 1. The van der Waals surface area contributed by atoms with E-state index < -0.39 is 0 Å². The smallest absolute Gasteiger partial charge is 0.213 e. The molecule has 0 spiro atoms. The minimum Gasteiger partial charge on any atom is -0.489 e. The highest BCUT2D eigenvalue weighted by atomic mass is 19.1. The van der Waals surface area contributed by atoms with Gasteiger partial charge in [-0.3, -0.25) is 0 Å². The molecule has 0 atom stereocenters. The molecule has 5 heteroatoms. The van der Waals surface area contributed by atoms with E-state index in [1.54, 1.807) is 19.4 Å². The topological polar surface area (TPSA) is 40.6 Å². The fourth-order valence-corrected chi connectivity index (χ4v) is 3.01. The molecule has 152 valence electrons. The minimum absolute atomic E-state index is 0.163. The van der Waals surface area contributed by atoms with E-state index in [0.29, 0.717) is 24.7 Å². The standard InChI is InChI=1S/C24H26FNO3/c1-17-6-4-7-21(12-17)29-16-20-14-19(8-9-23(20)25)22-15-26-24(13-18(22)2)28-11-5-10-27-3/h4,6-9,12-15H,5,10-11,16H2,1-3H3. The quantitative estimate of drug-likeness (QED) is 0.449. The van der Waals surface area contributed by atoms with Gasteiger partial charge in [-0.15, -0.1) is 0 Å². The van der Waals surface area contributed by atoms with Crippen LogP contribution in [0.15, 0.2) is 54.7 Å². The highest BCUT2D eigenvalue weighted by Crippen LogP contribution is 2.27. The largest absolute Gasteiger partial charge is 0.489 e. The maximum Gasteiger partial charge on any atom is 0.213 e. The van der Waals surface area contributed by atoms with Crippen LogP contribution in [0, 0.1) is 19.7 Å². The summed E-state index contributed by atoms with van der Waals surface area (Å²) < 4.78 is 30.7. The maximum atomic E-state index is 14.3. The van der Waals surface area contributed by atoms with Crippen molar-refractivity contribution in [2.24, 2.45) is 0 Å². The molecular weight excluding hydrogens is 369 g/mol. The van der Waals surface area contributed by atoms with Crippen molar-refractivity contribution < 1.29 is 18.6 Å². The molecule has 0 radical (unpaired) electrons. The number of nitrogens with zero attached hydrogens (tertiary/aromatic N) is 1. The number of rotatable bonds is 9. The van der Waals surface area contributed by atoms with E-state index in [0.717, 1.165) is 34.4 Å². The first kappa shape index (κ1) is 20.8. The van der Waals surface area contributed by atoms with Crippen molar-refractivity contribution in [3.8, 4) is 22.8 Å². The third-order valence-corrected chi connectivity index (χ3v) is 4.57. The van der Waals surface area contributed by atoms with Crippen molar-refractivity contribution in [3.63, 3.8) is 0 Å². The zero-order chi connectivity index (χ0) is 20.6. The fraction of sp³-hybridized carbons (Fsp3) is 0.292. The van der Waals surface area contributed by atoms with Crippen LogP contribution in [0.25, 0.3) is 11.1 Å². The van der Waals surface area contributed by atoms with Crippen LogP contribution in [0.1, 0.15) is 23.1 Å². The van der Waals surface area contributed by atoms with E-state index >= 15 is 0 Å². The third-order valence-electron chi connectivity index (χ3n) is 4.57. The lowest BCUT2D eigenvalue weighted by atomic mass is 10.0. The summed E-state index contributed by atoms with van der Waals surface area (Å²) in [5, 5.41) is 0. The molecular formula is C24H26FNO3. The molecule has 0 N–H and O–H groups in total. The van der Waals surface area contributed by atoms with Gasteiger partial charge in [0.25, 0.3) is 0 Å². The molecule has 0 fully saturated rings. The van der Waals surface area contributed by atoms with Gasteiger partial charge < -0.3 is 14.2 Å². The molecule has 3 rings (SSSR count). The van der Waals surface area contributed by atoms with E-state index in [4.69, 9.17) is 14.2 Å². The van der Waals surface area contributed by atoms with Crippen LogP contribution >= 0.6 is 0 Å². The van der Waals surface area contributed by atoms with Gasteiger partial charge in [0, 0.05) is 43.5 Å². The number of aryl methyl sites for hydroxylation is 2. The Morgan fingerprint density at radius 3 is 2.59 bits per heavy atom. The first-order valence-electron chi connectivity index (χ1n) is 9.63. The first-order chi connectivity index (χ1) is 14.1. The van der Waals surface area contributed by atoms with E-state index in [9.17, 15) is 4.39 Å². The van der Waals surface area contributed by atoms with Gasteiger partial charge in [0.1, 0.15) is 18.2 Å². The second-order valence-electron chi connectivity index (χ2n) is 6.94. The highest BCUT2D eigenvalue weighted by molar-refractivity contribution is 5.67. The lowest BCUT2D eigenvalue weighted by Gasteiger charge is -2.12. The molecule has 0 amide bonds. The summed E-state index contributed by atoms with van der Waals surface area (Å²) >= 11 is 0. The van der Waals surface area contributed by atoms with Crippen molar-refractivity contribution in [3.05, 3.63) is 77.2 Å². The Morgan fingerprint density at radius 2 is 1.83 bits per heavy atom. The number of halogens is 1. The molecule has 0 unspecified atom stereocenters. The summed E-state index contributed by atoms with van der Waals surface area (Å²) in [4.78, 5) is 4.38. The predicted molar refractivity (Wildman–Crippen MR) is 112 cm³/mol. The average molecular weight is 395 g/mol. The Morgan fingerprint density at radius 1 is 0.966 bits per heavy atom. The fourth-order valence-electron chi connectivity index (χ4n) is 3.01. The first-order valence-corrected chi connectivity index (χ1v) is 9.63. The zero-order valence-corrected chi connectivity index (χ0v) is 17.1. The number of ether oxygens (including phenoxy) is 3. The van der Waals surface area contributed by atoms with Crippen LogP contribution in [0.5, 0.6) is 11.6 Å². The molecule has 0 saturated heterocycles. The second-order valence-corrected chi connectivity index (χ2v) is 6.94. The lowest BCUT2D eigenvalue weighted by Crippen LogP contribution is -2.03. The van der Waals surface area contributed by atoms with E-state index in [1.165, 1.54) is 6.07 Å². The predicted octanol–water partition coefficient (Wildman–Crippen LogP) is 5.50. The second kappa shape index (κ2) is 10.0. The SMILES string of the molecule is COCCCOc1cc(C)c(-c2ccc(F)c(COc3cccc(C)c3)c2)cn1. The Balaban J connectivity index is 1.73. The van der Waals surface area contributed by atoms with Crippen LogP contribution in [-0.4, -0.2) is 25.3 Å². The van der Waals surface area contributed by atoms with Gasteiger partial charge in [0.15, 0.2) is 0 Å². The van der Waals surface area contributed by atoms with Crippen LogP contribution in [0.4, 0.5) is 4.39 Å². The van der Waals surface area contributed by atoms with Gasteiger partial charge in [0.2, 0.25) is 5.88 Å². The Labute approximate surface area is 171 Å². The molecule has 1 heterocycles. The molecule has 29 heavy (non-hydrogen) atoms. The van der Waals surface area contributed by atoms with Gasteiger partial charge in [-0.05, 0) is 54.8 Å². The summed E-state index contributed by atoms with van der Waals surface area (Å²) in [6.07, 6.45) is 2.57. The van der Waals surface area contributed by atoms with Gasteiger partial charge in [-0.2, -0.15) is 0 Å². The molecule has 4 nitrogen and oxygen atoms in total. The van der Waals surface area contributed by atoms with Crippen LogP contribution in [0.2, 0.25) is 0 Å². The zero-order valence-electron chi connectivity index (χ0n) is 17.1. The Kier molecular flexibility index (Phi) is 7.19. The monoisotopic (exact) mass is 395 g/mol. The molecule has 1 aromatic heterocycles. The van der Waals surface area contributed by atoms with Crippen LogP contribution in [0.3, 0.4) is 0 Å². The Hall–Kier alpha value is -2.92. The lowest BCUT2D eigenvalue weighted by molar-refractivity contribution is 0.170. The summed E-state index contributed by atoms with van der Waals surface area (Å²) in [7, 11) is 1.67. The van der Waals surface area contributed by atoms with Crippen LogP contribution < -0.4 is 9.47 Å². The van der Waals surface area contributed by atoms with Crippen molar-refractivity contribution in [1.29, 1.82) is 0 Å². The van der Waals surface area contributed by atoms with E-state index in [-0.39, 0.29) is 12.4 Å². The van der Waals surface area contributed by atoms with Crippen molar-refractivity contribution in [1.82, 2.24) is 4.98 Å². The maximum absolute atomic E-state index is 14.3. The highest BCUT2D eigenvalue weighted by Gasteiger charge is 2.10. The van der Waals surface area contributed by atoms with Gasteiger partial charge in [0.05, 0.1) is 6.61 Å². The summed E-state index contributed by atoms with van der Waals surface area (Å²) in [6.45, 7) is 5.35. The molecule has 0 saturated carbocycles. The van der Waals surface area contributed by atoms with E-state index in [1.807, 2.05) is 50.2 Å². The molecule has 0 aliphatic heterocycles. The summed E-state index contributed by atoms with van der Waals surface area (Å²) in [6, 6.07) is 14.7. The Bertz CT molecular complexity index is 959. The van der Waals surface area contributed by atoms with Gasteiger partial charge in [-0.25, -0.2) is 9.37 Å². The number of aromatic nitrogens is 1. The molecule has 0 bridgehead atoms. The number of hydrogen-bond donors (Lipinski definition) is 0. The minimum atomic E-state index is -0.287. The van der Waals surface area contributed by atoms with Crippen LogP contribution in [-0.2, 0) is 11.3 Å². The number of hydrogen-bond acceptors (Lipinski definition) is 4. The normalized spacial score (nSPS) is 10.8. The molecule has 3 aromatic rings. The summed E-state index contributed by atoms with van der Waals surface area (Å²) in [5.41, 5.74) is 4.45. The van der Waals surface area contributed by atoms with Crippen molar-refractivity contribution >= 4 is 0 Å². The van der Waals surface area contributed by atoms with E-state index in [2.05, 4.69) is 4.98 Å². The van der Waals surface area contributed by atoms with Crippen molar-refractivity contribution in [2.45, 2.75) is 26.9 Å². The number of benzene rings is 2. The van der Waals surface area contributed by atoms with Crippen molar-refractivity contribution in [2.75, 3.05) is 20.3 Å². The molecule has 2 aromatic carbocycles. The molecule has 0 aliphatic rings.